The zero-order valence-corrected chi connectivity index (χ0v) is 13.8. The Morgan fingerprint density at radius 1 is 1.24 bits per heavy atom. The zero-order chi connectivity index (χ0) is 18.0. The Bertz CT molecular complexity index is 816. The minimum Gasteiger partial charge on any atom is -0.508 e. The van der Waals surface area contributed by atoms with Crippen molar-refractivity contribution in [3.8, 4) is 5.75 Å². The summed E-state index contributed by atoms with van der Waals surface area (Å²) >= 11 is 0. The van der Waals surface area contributed by atoms with Crippen LogP contribution in [-0.2, 0) is 0 Å². The van der Waals surface area contributed by atoms with Gasteiger partial charge < -0.3 is 14.9 Å². The molecule has 0 aliphatic carbocycles. The molecule has 25 heavy (non-hydrogen) atoms. The van der Waals surface area contributed by atoms with Gasteiger partial charge >= 0.3 is 0 Å². The molecule has 1 aliphatic heterocycles. The van der Waals surface area contributed by atoms with Crippen molar-refractivity contribution in [3.05, 3.63) is 57.8 Å². The van der Waals surface area contributed by atoms with Gasteiger partial charge in [0.15, 0.2) is 0 Å². The molecule has 1 saturated heterocycles. The number of aromatic nitrogens is 1. The molecule has 1 fully saturated rings. The third-order valence-corrected chi connectivity index (χ3v) is 4.25. The van der Waals surface area contributed by atoms with E-state index in [4.69, 9.17) is 0 Å². The highest BCUT2D eigenvalue weighted by Crippen LogP contribution is 2.22. The number of nitro groups is 1. The van der Waals surface area contributed by atoms with E-state index in [1.54, 1.807) is 30.0 Å². The van der Waals surface area contributed by atoms with Gasteiger partial charge in [0.1, 0.15) is 17.8 Å². The second-order valence-electron chi connectivity index (χ2n) is 5.92. The summed E-state index contributed by atoms with van der Waals surface area (Å²) in [4.78, 5) is 30.8. The second-order valence-corrected chi connectivity index (χ2v) is 5.92. The number of carbonyl (C=O) groups excluding carboxylic acids is 1. The van der Waals surface area contributed by atoms with Gasteiger partial charge in [0.25, 0.3) is 11.6 Å². The molecular weight excluding hydrogens is 324 g/mol. The maximum atomic E-state index is 12.5. The topological polar surface area (TPSA) is 99.8 Å². The number of carbonyl (C=O) groups is 1. The molecule has 1 amide bonds. The Morgan fingerprint density at radius 3 is 2.56 bits per heavy atom. The van der Waals surface area contributed by atoms with Crippen LogP contribution in [0.15, 0.2) is 36.5 Å². The summed E-state index contributed by atoms with van der Waals surface area (Å²) in [6, 6.07) is 8.00. The quantitative estimate of drug-likeness (QED) is 0.676. The predicted octanol–water partition coefficient (Wildman–Crippen LogP) is 1.97. The lowest BCUT2D eigenvalue weighted by Gasteiger charge is -2.35. The maximum absolute atomic E-state index is 12.5. The number of pyridine rings is 1. The van der Waals surface area contributed by atoms with E-state index in [0.29, 0.717) is 43.1 Å². The standard InChI is InChI=1S/C17H18N4O4/c1-12-9-16(18-11-15(12)21(24)25)19-5-7-20(8-6-19)17(23)13-3-2-4-14(22)10-13/h2-4,9-11,22H,5-8H2,1H3. The van der Waals surface area contributed by atoms with Crippen LogP contribution in [-0.4, -0.2) is 52.0 Å². The first-order valence-electron chi connectivity index (χ1n) is 7.90. The summed E-state index contributed by atoms with van der Waals surface area (Å²) in [6.45, 7) is 3.91. The van der Waals surface area contributed by atoms with Crippen molar-refractivity contribution >= 4 is 17.4 Å². The third-order valence-electron chi connectivity index (χ3n) is 4.25. The molecule has 1 N–H and O–H groups in total. The second kappa shape index (κ2) is 6.76. The summed E-state index contributed by atoms with van der Waals surface area (Å²) in [5.74, 6) is 0.617. The van der Waals surface area contributed by atoms with Gasteiger partial charge in [-0.2, -0.15) is 0 Å². The number of phenols is 1. The molecule has 2 aromatic rings. The van der Waals surface area contributed by atoms with Crippen molar-refractivity contribution in [1.82, 2.24) is 9.88 Å². The summed E-state index contributed by atoms with van der Waals surface area (Å²) in [5.41, 5.74) is 1.02. The van der Waals surface area contributed by atoms with Gasteiger partial charge in [-0.15, -0.1) is 0 Å². The molecular formula is C17H18N4O4. The Balaban J connectivity index is 1.67. The Hall–Kier alpha value is -3.16. The fourth-order valence-electron chi connectivity index (χ4n) is 2.86. The monoisotopic (exact) mass is 342 g/mol. The third kappa shape index (κ3) is 3.52. The number of amides is 1. The lowest BCUT2D eigenvalue weighted by Crippen LogP contribution is -2.49. The van der Waals surface area contributed by atoms with Crippen LogP contribution in [0.2, 0.25) is 0 Å². The van der Waals surface area contributed by atoms with E-state index < -0.39 is 4.92 Å². The Kier molecular flexibility index (Phi) is 4.51. The molecule has 1 aromatic carbocycles. The van der Waals surface area contributed by atoms with E-state index in [1.165, 1.54) is 18.3 Å². The molecule has 0 saturated carbocycles. The average molecular weight is 342 g/mol. The largest absolute Gasteiger partial charge is 0.508 e. The number of anilines is 1. The summed E-state index contributed by atoms with van der Waals surface area (Å²) in [7, 11) is 0. The van der Waals surface area contributed by atoms with E-state index >= 15 is 0 Å². The van der Waals surface area contributed by atoms with Crippen molar-refractivity contribution in [2.45, 2.75) is 6.92 Å². The van der Waals surface area contributed by atoms with Crippen LogP contribution >= 0.6 is 0 Å². The lowest BCUT2D eigenvalue weighted by atomic mass is 10.1. The van der Waals surface area contributed by atoms with Crippen molar-refractivity contribution in [2.24, 2.45) is 0 Å². The molecule has 0 unspecified atom stereocenters. The Morgan fingerprint density at radius 2 is 1.96 bits per heavy atom. The average Bonchev–Trinajstić information content (AvgIpc) is 2.61. The molecule has 0 spiro atoms. The zero-order valence-electron chi connectivity index (χ0n) is 13.8. The molecule has 8 heteroatoms. The molecule has 8 nitrogen and oxygen atoms in total. The number of rotatable bonds is 3. The lowest BCUT2D eigenvalue weighted by molar-refractivity contribution is -0.385. The number of hydrogen-bond donors (Lipinski definition) is 1. The number of phenolic OH excluding ortho intramolecular Hbond substituents is 1. The van der Waals surface area contributed by atoms with E-state index in [-0.39, 0.29) is 17.3 Å². The van der Waals surface area contributed by atoms with Gasteiger partial charge in [0.05, 0.1) is 4.92 Å². The van der Waals surface area contributed by atoms with Gasteiger partial charge in [-0.1, -0.05) is 6.07 Å². The Labute approximate surface area is 144 Å². The van der Waals surface area contributed by atoms with Crippen LogP contribution in [0.3, 0.4) is 0 Å². The van der Waals surface area contributed by atoms with Crippen molar-refractivity contribution in [1.29, 1.82) is 0 Å². The van der Waals surface area contributed by atoms with E-state index in [2.05, 4.69) is 4.98 Å². The number of nitrogens with zero attached hydrogens (tertiary/aromatic N) is 4. The van der Waals surface area contributed by atoms with E-state index in [9.17, 15) is 20.0 Å². The molecule has 3 rings (SSSR count). The van der Waals surface area contributed by atoms with Crippen LogP contribution in [0.25, 0.3) is 0 Å². The highest BCUT2D eigenvalue weighted by molar-refractivity contribution is 5.94. The van der Waals surface area contributed by atoms with Crippen molar-refractivity contribution in [3.63, 3.8) is 0 Å². The van der Waals surface area contributed by atoms with Gasteiger partial charge in [0.2, 0.25) is 0 Å². The highest BCUT2D eigenvalue weighted by atomic mass is 16.6. The fraction of sp³-hybridized carbons (Fsp3) is 0.294. The highest BCUT2D eigenvalue weighted by Gasteiger charge is 2.24. The molecule has 0 bridgehead atoms. The molecule has 1 aliphatic rings. The molecule has 0 radical (unpaired) electrons. The van der Waals surface area contributed by atoms with Crippen LogP contribution in [0.1, 0.15) is 15.9 Å². The van der Waals surface area contributed by atoms with Crippen LogP contribution < -0.4 is 4.90 Å². The van der Waals surface area contributed by atoms with Crippen molar-refractivity contribution in [2.75, 3.05) is 31.1 Å². The molecule has 2 heterocycles. The van der Waals surface area contributed by atoms with Crippen LogP contribution in [0.4, 0.5) is 11.5 Å². The predicted molar refractivity (Wildman–Crippen MR) is 91.9 cm³/mol. The number of benzene rings is 1. The van der Waals surface area contributed by atoms with E-state index in [0.717, 1.165) is 0 Å². The summed E-state index contributed by atoms with van der Waals surface area (Å²) in [5, 5.41) is 20.4. The van der Waals surface area contributed by atoms with Gasteiger partial charge in [-0.25, -0.2) is 4.98 Å². The van der Waals surface area contributed by atoms with E-state index in [1.807, 2.05) is 4.90 Å². The summed E-state index contributed by atoms with van der Waals surface area (Å²) < 4.78 is 0. The first-order valence-corrected chi connectivity index (χ1v) is 7.90. The first-order chi connectivity index (χ1) is 12.0. The van der Waals surface area contributed by atoms with Gasteiger partial charge in [-0.05, 0) is 31.2 Å². The number of piperazine rings is 1. The van der Waals surface area contributed by atoms with Gasteiger partial charge in [0, 0.05) is 37.3 Å². The van der Waals surface area contributed by atoms with Crippen molar-refractivity contribution < 1.29 is 14.8 Å². The number of aromatic hydroxyl groups is 1. The minimum atomic E-state index is -0.446. The maximum Gasteiger partial charge on any atom is 0.290 e. The number of aryl methyl sites for hydroxylation is 1. The molecule has 1 aromatic heterocycles. The number of hydrogen-bond acceptors (Lipinski definition) is 6. The molecule has 130 valence electrons. The van der Waals surface area contributed by atoms with Crippen LogP contribution in [0, 0.1) is 17.0 Å². The van der Waals surface area contributed by atoms with Crippen LogP contribution in [0.5, 0.6) is 5.75 Å². The first kappa shape index (κ1) is 16.7. The SMILES string of the molecule is Cc1cc(N2CCN(C(=O)c3cccc(O)c3)CC2)ncc1[N+](=O)[O-]. The van der Waals surface area contributed by atoms with Gasteiger partial charge in [-0.3, -0.25) is 14.9 Å². The summed E-state index contributed by atoms with van der Waals surface area (Å²) in [6.07, 6.45) is 1.27. The smallest absolute Gasteiger partial charge is 0.290 e. The fourth-order valence-corrected chi connectivity index (χ4v) is 2.86. The molecule has 0 atom stereocenters. The minimum absolute atomic E-state index is 0.00134. The normalized spacial score (nSPS) is 14.4.